The van der Waals surface area contributed by atoms with Crippen LogP contribution in [0.1, 0.15) is 28.9 Å². The summed E-state index contributed by atoms with van der Waals surface area (Å²) in [4.78, 5) is 20.0. The van der Waals surface area contributed by atoms with E-state index in [1.165, 1.54) is 5.06 Å². The van der Waals surface area contributed by atoms with Gasteiger partial charge in [-0.15, -0.1) is 0 Å². The first-order valence-corrected chi connectivity index (χ1v) is 7.29. The Morgan fingerprint density at radius 2 is 2.35 bits per heavy atom. The summed E-state index contributed by atoms with van der Waals surface area (Å²) in [5, 5.41) is 5.84. The van der Waals surface area contributed by atoms with Crippen LogP contribution in [0.25, 0.3) is 0 Å². The van der Waals surface area contributed by atoms with E-state index in [-0.39, 0.29) is 5.91 Å². The molecular weight excluding hydrogens is 256 g/mol. The number of hydrogen-bond acceptors (Lipinski definition) is 4. The molecule has 6 nitrogen and oxygen atoms in total. The van der Waals surface area contributed by atoms with E-state index < -0.39 is 0 Å². The van der Waals surface area contributed by atoms with Crippen LogP contribution in [-0.4, -0.2) is 59.4 Å². The van der Waals surface area contributed by atoms with Crippen LogP contribution in [0.3, 0.4) is 0 Å². The second kappa shape index (κ2) is 5.54. The fourth-order valence-corrected chi connectivity index (χ4v) is 3.09. The molecule has 0 aliphatic carbocycles. The zero-order chi connectivity index (χ0) is 14.1. The van der Waals surface area contributed by atoms with Gasteiger partial charge in [-0.2, -0.15) is 5.10 Å². The van der Waals surface area contributed by atoms with E-state index in [4.69, 9.17) is 4.84 Å². The van der Waals surface area contributed by atoms with Gasteiger partial charge in [0.05, 0.1) is 30.6 Å². The highest BCUT2D eigenvalue weighted by Crippen LogP contribution is 2.25. The Morgan fingerprint density at radius 3 is 3.05 bits per heavy atom. The highest BCUT2D eigenvalue weighted by atomic mass is 16.7. The fraction of sp³-hybridized carbons (Fsp3) is 0.714. The van der Waals surface area contributed by atoms with Crippen LogP contribution in [0.2, 0.25) is 0 Å². The molecule has 6 heteroatoms. The van der Waals surface area contributed by atoms with Gasteiger partial charge >= 0.3 is 0 Å². The molecule has 1 aromatic rings. The van der Waals surface area contributed by atoms with Gasteiger partial charge in [0.25, 0.3) is 5.91 Å². The van der Waals surface area contributed by atoms with Crippen molar-refractivity contribution in [3.8, 4) is 0 Å². The third-order valence-corrected chi connectivity index (χ3v) is 4.01. The summed E-state index contributed by atoms with van der Waals surface area (Å²) in [6.07, 6.45) is 4.67. The Balaban J connectivity index is 1.78. The minimum Gasteiger partial charge on any atom is -0.309 e. The number of carbonyl (C=O) groups excluding carboxylic acids is 1. The molecular formula is C14H22N4O2. The van der Waals surface area contributed by atoms with Gasteiger partial charge in [0.15, 0.2) is 0 Å². The van der Waals surface area contributed by atoms with Crippen LogP contribution in [0.5, 0.6) is 0 Å². The van der Waals surface area contributed by atoms with E-state index in [9.17, 15) is 4.79 Å². The third kappa shape index (κ3) is 2.58. The lowest BCUT2D eigenvalue weighted by molar-refractivity contribution is -0.0769. The van der Waals surface area contributed by atoms with E-state index in [0.717, 1.165) is 43.6 Å². The van der Waals surface area contributed by atoms with E-state index in [0.29, 0.717) is 19.1 Å². The molecule has 3 heterocycles. The van der Waals surface area contributed by atoms with E-state index in [2.05, 4.69) is 24.1 Å². The molecule has 0 aromatic carbocycles. The first kappa shape index (κ1) is 13.6. The Labute approximate surface area is 119 Å². The average molecular weight is 278 g/mol. The Kier molecular flexibility index (Phi) is 3.76. The molecule has 0 bridgehead atoms. The van der Waals surface area contributed by atoms with Gasteiger partial charge in [-0.05, 0) is 39.3 Å². The predicted octanol–water partition coefficient (Wildman–Crippen LogP) is 0.785. The number of aromatic nitrogens is 2. The smallest absolute Gasteiger partial charge is 0.280 e. The van der Waals surface area contributed by atoms with Crippen molar-refractivity contribution in [2.24, 2.45) is 5.92 Å². The minimum absolute atomic E-state index is 0.0331. The SMILES string of the molecule is CN(C)CC1CCn2ncc(C(=O)N3CCCO3)c2C1. The second-order valence-corrected chi connectivity index (χ2v) is 5.94. The van der Waals surface area contributed by atoms with Crippen LogP contribution in [0, 0.1) is 5.92 Å². The Morgan fingerprint density at radius 1 is 1.50 bits per heavy atom. The predicted molar refractivity (Wildman–Crippen MR) is 74.2 cm³/mol. The van der Waals surface area contributed by atoms with Gasteiger partial charge in [0, 0.05) is 13.1 Å². The summed E-state index contributed by atoms with van der Waals surface area (Å²) in [5.41, 5.74) is 1.79. The molecule has 1 unspecified atom stereocenters. The summed E-state index contributed by atoms with van der Waals surface area (Å²) in [6, 6.07) is 0. The summed E-state index contributed by atoms with van der Waals surface area (Å²) >= 11 is 0. The molecule has 3 rings (SSSR count). The minimum atomic E-state index is -0.0331. The molecule has 110 valence electrons. The number of aryl methyl sites for hydroxylation is 1. The number of nitrogens with zero attached hydrogens (tertiary/aromatic N) is 4. The number of hydrogen-bond donors (Lipinski definition) is 0. The van der Waals surface area contributed by atoms with Gasteiger partial charge < -0.3 is 4.90 Å². The van der Waals surface area contributed by atoms with Crippen molar-refractivity contribution in [2.75, 3.05) is 33.8 Å². The molecule has 1 amide bonds. The van der Waals surface area contributed by atoms with E-state index in [1.807, 2.05) is 4.68 Å². The zero-order valence-corrected chi connectivity index (χ0v) is 12.2. The second-order valence-electron chi connectivity index (χ2n) is 5.94. The average Bonchev–Trinajstić information content (AvgIpc) is 3.06. The normalized spacial score (nSPS) is 22.4. The number of fused-ring (bicyclic) bond motifs is 1. The lowest BCUT2D eigenvalue weighted by Gasteiger charge is -2.26. The maximum atomic E-state index is 12.4. The molecule has 2 aliphatic heterocycles. The van der Waals surface area contributed by atoms with Crippen molar-refractivity contribution >= 4 is 5.91 Å². The van der Waals surface area contributed by atoms with Crippen molar-refractivity contribution in [1.82, 2.24) is 19.7 Å². The van der Waals surface area contributed by atoms with Crippen LogP contribution in [0.15, 0.2) is 6.20 Å². The van der Waals surface area contributed by atoms with Crippen molar-refractivity contribution in [2.45, 2.75) is 25.8 Å². The number of hydroxylamine groups is 2. The Hall–Kier alpha value is -1.40. The van der Waals surface area contributed by atoms with Crippen molar-refractivity contribution < 1.29 is 9.63 Å². The molecule has 0 spiro atoms. The largest absolute Gasteiger partial charge is 0.309 e. The highest BCUT2D eigenvalue weighted by Gasteiger charge is 2.29. The molecule has 20 heavy (non-hydrogen) atoms. The summed E-state index contributed by atoms with van der Waals surface area (Å²) < 4.78 is 1.98. The van der Waals surface area contributed by atoms with Gasteiger partial charge in [-0.25, -0.2) is 5.06 Å². The van der Waals surface area contributed by atoms with Crippen LogP contribution >= 0.6 is 0 Å². The van der Waals surface area contributed by atoms with Gasteiger partial charge in [-0.3, -0.25) is 14.3 Å². The molecule has 1 saturated heterocycles. The molecule has 1 fully saturated rings. The third-order valence-electron chi connectivity index (χ3n) is 4.01. The van der Waals surface area contributed by atoms with Crippen LogP contribution in [0.4, 0.5) is 0 Å². The maximum Gasteiger partial charge on any atom is 0.280 e. The van der Waals surface area contributed by atoms with Gasteiger partial charge in [-0.1, -0.05) is 0 Å². The lowest BCUT2D eigenvalue weighted by atomic mass is 9.94. The molecule has 1 atom stereocenters. The summed E-state index contributed by atoms with van der Waals surface area (Å²) in [6.45, 7) is 3.28. The standard InChI is InChI=1S/C14H22N4O2/c1-16(2)10-11-4-6-17-13(8-11)12(9-15-17)14(19)18-5-3-7-20-18/h9,11H,3-8,10H2,1-2H3. The van der Waals surface area contributed by atoms with Crippen LogP contribution in [-0.2, 0) is 17.8 Å². The van der Waals surface area contributed by atoms with Gasteiger partial charge in [0.1, 0.15) is 0 Å². The fourth-order valence-electron chi connectivity index (χ4n) is 3.09. The molecule has 0 radical (unpaired) electrons. The first-order chi connectivity index (χ1) is 9.65. The molecule has 0 N–H and O–H groups in total. The number of rotatable bonds is 3. The van der Waals surface area contributed by atoms with Crippen LogP contribution < -0.4 is 0 Å². The summed E-state index contributed by atoms with van der Waals surface area (Å²) in [7, 11) is 4.19. The van der Waals surface area contributed by atoms with E-state index >= 15 is 0 Å². The number of carbonyl (C=O) groups is 1. The number of amides is 1. The van der Waals surface area contributed by atoms with E-state index in [1.54, 1.807) is 6.20 Å². The monoisotopic (exact) mass is 278 g/mol. The molecule has 2 aliphatic rings. The topological polar surface area (TPSA) is 50.6 Å². The molecule has 0 saturated carbocycles. The maximum absolute atomic E-state index is 12.4. The van der Waals surface area contributed by atoms with Crippen molar-refractivity contribution in [3.63, 3.8) is 0 Å². The highest BCUT2D eigenvalue weighted by molar-refractivity contribution is 5.94. The lowest BCUT2D eigenvalue weighted by Crippen LogP contribution is -2.31. The zero-order valence-electron chi connectivity index (χ0n) is 12.2. The van der Waals surface area contributed by atoms with Crippen molar-refractivity contribution in [1.29, 1.82) is 0 Å². The quantitative estimate of drug-likeness (QED) is 0.820. The first-order valence-electron chi connectivity index (χ1n) is 7.29. The molecule has 1 aromatic heterocycles. The Bertz CT molecular complexity index is 491. The summed E-state index contributed by atoms with van der Waals surface area (Å²) in [5.74, 6) is 0.564. The van der Waals surface area contributed by atoms with Gasteiger partial charge in [0.2, 0.25) is 0 Å². The van der Waals surface area contributed by atoms with Crippen molar-refractivity contribution in [3.05, 3.63) is 17.5 Å².